The molecule has 3 aromatic rings. The number of carbonyl (C=O) groups is 3. The van der Waals surface area contributed by atoms with Crippen molar-refractivity contribution in [1.29, 1.82) is 0 Å². The van der Waals surface area contributed by atoms with Gasteiger partial charge >= 0.3 is 5.97 Å². The Morgan fingerprint density at radius 1 is 0.811 bits per heavy atom. The highest BCUT2D eigenvalue weighted by atomic mass is 16.5. The average molecular weight is 502 g/mol. The Labute approximate surface area is 218 Å². The zero-order valence-electron chi connectivity index (χ0n) is 21.4. The number of carbonyl (C=O) groups excluding carboxylic acids is 3. The van der Waals surface area contributed by atoms with Crippen molar-refractivity contribution in [3.8, 4) is 5.75 Å². The van der Waals surface area contributed by atoms with Crippen molar-refractivity contribution in [3.63, 3.8) is 0 Å². The first-order chi connectivity index (χ1) is 18.1. The van der Waals surface area contributed by atoms with Crippen LogP contribution in [0.25, 0.3) is 10.8 Å². The van der Waals surface area contributed by atoms with E-state index in [-0.39, 0.29) is 12.5 Å². The van der Waals surface area contributed by atoms with Crippen molar-refractivity contribution >= 4 is 34.8 Å². The van der Waals surface area contributed by atoms with Gasteiger partial charge in [0.25, 0.3) is 5.91 Å². The lowest BCUT2D eigenvalue weighted by Crippen LogP contribution is -2.34. The Morgan fingerprint density at radius 2 is 1.51 bits per heavy atom. The highest BCUT2D eigenvalue weighted by molar-refractivity contribution is 6.04. The molecule has 37 heavy (non-hydrogen) atoms. The maximum Gasteiger partial charge on any atom is 0.343 e. The van der Waals surface area contributed by atoms with Gasteiger partial charge in [-0.25, -0.2) is 10.2 Å². The van der Waals surface area contributed by atoms with E-state index < -0.39 is 11.9 Å². The number of benzene rings is 3. The Morgan fingerprint density at radius 3 is 2.30 bits per heavy atom. The first kappa shape index (κ1) is 27.6. The smallest absolute Gasteiger partial charge is 0.343 e. The zero-order valence-corrected chi connectivity index (χ0v) is 21.4. The van der Waals surface area contributed by atoms with Crippen LogP contribution in [0.3, 0.4) is 0 Å². The molecule has 0 fully saturated rings. The minimum atomic E-state index is -0.488. The number of esters is 1. The van der Waals surface area contributed by atoms with Gasteiger partial charge in [-0.1, -0.05) is 94.0 Å². The molecule has 2 amide bonds. The van der Waals surface area contributed by atoms with E-state index in [4.69, 9.17) is 4.74 Å². The molecule has 0 unspecified atom stereocenters. The van der Waals surface area contributed by atoms with Crippen molar-refractivity contribution < 1.29 is 19.1 Å². The third-order valence-corrected chi connectivity index (χ3v) is 5.98. The predicted octanol–water partition coefficient (Wildman–Crippen LogP) is 5.77. The van der Waals surface area contributed by atoms with Gasteiger partial charge in [0.2, 0.25) is 5.91 Å². The molecule has 7 heteroatoms. The number of rotatable bonds is 14. The summed E-state index contributed by atoms with van der Waals surface area (Å²) in [5, 5.41) is 8.45. The van der Waals surface area contributed by atoms with Crippen LogP contribution >= 0.6 is 0 Å². The number of nitrogens with one attached hydrogen (secondary N) is 2. The summed E-state index contributed by atoms with van der Waals surface area (Å²) < 4.78 is 5.65. The van der Waals surface area contributed by atoms with Gasteiger partial charge in [-0.3, -0.25) is 9.59 Å². The number of ether oxygens (including phenoxy) is 1. The Balaban J connectivity index is 1.53. The maximum atomic E-state index is 12.6. The number of hydrogen-bond donors (Lipinski definition) is 2. The summed E-state index contributed by atoms with van der Waals surface area (Å²) in [4.78, 5) is 36.8. The molecular formula is C30H35N3O4. The van der Waals surface area contributed by atoms with E-state index >= 15 is 0 Å². The summed E-state index contributed by atoms with van der Waals surface area (Å²) in [5.41, 5.74) is 3.43. The van der Waals surface area contributed by atoms with Crippen LogP contribution in [0.4, 0.5) is 0 Å². The second kappa shape index (κ2) is 15.2. The molecule has 0 heterocycles. The molecule has 0 spiro atoms. The van der Waals surface area contributed by atoms with Crippen molar-refractivity contribution in [2.24, 2.45) is 5.10 Å². The Hall–Kier alpha value is -4.00. The van der Waals surface area contributed by atoms with Crippen molar-refractivity contribution in [2.45, 2.75) is 58.3 Å². The number of nitrogens with zero attached hydrogens (tertiary/aromatic N) is 1. The van der Waals surface area contributed by atoms with Crippen LogP contribution in [0.2, 0.25) is 0 Å². The van der Waals surface area contributed by atoms with Crippen molar-refractivity contribution in [3.05, 3.63) is 77.9 Å². The lowest BCUT2D eigenvalue weighted by atomic mass is 10.0. The van der Waals surface area contributed by atoms with Crippen LogP contribution in [-0.2, 0) is 9.59 Å². The van der Waals surface area contributed by atoms with Gasteiger partial charge in [-0.15, -0.1) is 0 Å². The van der Waals surface area contributed by atoms with E-state index in [2.05, 4.69) is 22.8 Å². The molecule has 0 aliphatic carbocycles. The van der Waals surface area contributed by atoms with E-state index in [0.29, 0.717) is 23.3 Å². The molecule has 3 aromatic carbocycles. The molecule has 0 bridgehead atoms. The number of fused-ring (bicyclic) bond motifs is 1. The molecule has 0 saturated heterocycles. The molecule has 2 N–H and O–H groups in total. The molecule has 0 radical (unpaired) electrons. The van der Waals surface area contributed by atoms with Crippen LogP contribution < -0.4 is 15.5 Å². The van der Waals surface area contributed by atoms with Gasteiger partial charge in [-0.05, 0) is 35.4 Å². The van der Waals surface area contributed by atoms with Gasteiger partial charge in [-0.2, -0.15) is 5.10 Å². The standard InChI is InChI=1S/C30H35N3O4/c1-2-3-4-5-6-7-11-18-28(34)31-22-29(35)33-32-21-26-25-17-13-12-14-23(25)19-20-27(26)37-30(36)24-15-9-8-10-16-24/h8-10,12-17,19-21H,2-7,11,18,22H2,1H3,(H,31,34)(H,33,35). The lowest BCUT2D eigenvalue weighted by Gasteiger charge is -2.10. The molecule has 0 atom stereocenters. The van der Waals surface area contributed by atoms with Crippen LogP contribution in [0.1, 0.15) is 74.2 Å². The second-order valence-electron chi connectivity index (χ2n) is 8.90. The summed E-state index contributed by atoms with van der Waals surface area (Å²) in [5.74, 6) is -0.740. The quantitative estimate of drug-likeness (QED) is 0.0964. The van der Waals surface area contributed by atoms with Crippen LogP contribution in [-0.4, -0.2) is 30.5 Å². The summed E-state index contributed by atoms with van der Waals surface area (Å²) in [6.07, 6.45) is 9.79. The van der Waals surface area contributed by atoms with Gasteiger partial charge in [0.05, 0.1) is 18.3 Å². The highest BCUT2D eigenvalue weighted by Gasteiger charge is 2.13. The van der Waals surface area contributed by atoms with Crippen molar-refractivity contribution in [2.75, 3.05) is 6.54 Å². The van der Waals surface area contributed by atoms with E-state index in [9.17, 15) is 14.4 Å². The van der Waals surface area contributed by atoms with Crippen LogP contribution in [0.15, 0.2) is 71.8 Å². The summed E-state index contributed by atoms with van der Waals surface area (Å²) >= 11 is 0. The molecule has 194 valence electrons. The molecule has 0 saturated carbocycles. The monoisotopic (exact) mass is 501 g/mol. The number of hydrazone groups is 1. The fraction of sp³-hybridized carbons (Fsp3) is 0.333. The normalized spacial score (nSPS) is 10.9. The number of hydrogen-bond acceptors (Lipinski definition) is 5. The first-order valence-corrected chi connectivity index (χ1v) is 13.0. The Kier molecular flexibility index (Phi) is 11.3. The predicted molar refractivity (Wildman–Crippen MR) is 147 cm³/mol. The van der Waals surface area contributed by atoms with Gasteiger partial charge in [0.15, 0.2) is 0 Å². The summed E-state index contributed by atoms with van der Waals surface area (Å²) in [6, 6.07) is 19.9. The number of unbranched alkanes of at least 4 members (excludes halogenated alkanes) is 6. The van der Waals surface area contributed by atoms with Crippen molar-refractivity contribution in [1.82, 2.24) is 10.7 Å². The summed E-state index contributed by atoms with van der Waals surface area (Å²) in [7, 11) is 0. The largest absolute Gasteiger partial charge is 0.422 e. The SMILES string of the molecule is CCCCCCCCCC(=O)NCC(=O)NN=Cc1c(OC(=O)c2ccccc2)ccc2ccccc12. The fourth-order valence-corrected chi connectivity index (χ4v) is 3.95. The molecule has 0 aliphatic rings. The number of amides is 2. The maximum absolute atomic E-state index is 12.6. The Bertz CT molecular complexity index is 1210. The zero-order chi connectivity index (χ0) is 26.3. The van der Waals surface area contributed by atoms with Gasteiger partial charge < -0.3 is 10.1 Å². The van der Waals surface area contributed by atoms with Gasteiger partial charge in [0.1, 0.15) is 5.75 Å². The molecule has 0 aromatic heterocycles. The van der Waals surface area contributed by atoms with Crippen LogP contribution in [0, 0.1) is 0 Å². The lowest BCUT2D eigenvalue weighted by molar-refractivity contribution is -0.126. The van der Waals surface area contributed by atoms with E-state index in [1.165, 1.54) is 31.9 Å². The second-order valence-corrected chi connectivity index (χ2v) is 8.90. The molecule has 0 aliphatic heterocycles. The average Bonchev–Trinajstić information content (AvgIpc) is 2.92. The fourth-order valence-electron chi connectivity index (χ4n) is 3.95. The van der Waals surface area contributed by atoms with Gasteiger partial charge in [0, 0.05) is 12.0 Å². The van der Waals surface area contributed by atoms with E-state index in [1.54, 1.807) is 30.3 Å². The molecule has 7 nitrogen and oxygen atoms in total. The third kappa shape index (κ3) is 9.18. The minimum Gasteiger partial charge on any atom is -0.422 e. The minimum absolute atomic E-state index is 0.142. The summed E-state index contributed by atoms with van der Waals surface area (Å²) in [6.45, 7) is 2.04. The molecule has 3 rings (SSSR count). The first-order valence-electron chi connectivity index (χ1n) is 13.0. The highest BCUT2D eigenvalue weighted by Crippen LogP contribution is 2.27. The van der Waals surface area contributed by atoms with E-state index in [1.807, 2.05) is 36.4 Å². The van der Waals surface area contributed by atoms with E-state index in [0.717, 1.165) is 30.0 Å². The molecular weight excluding hydrogens is 466 g/mol. The third-order valence-electron chi connectivity index (χ3n) is 5.98. The van der Waals surface area contributed by atoms with Crippen LogP contribution in [0.5, 0.6) is 5.75 Å². The topological polar surface area (TPSA) is 96.9 Å².